The molecular formula is C8H8BrN2O. The minimum Gasteiger partial charge on any atom is -0.370 e. The molecule has 1 radical (unpaired) electrons. The van der Waals surface area contributed by atoms with E-state index < -0.39 is 0 Å². The van der Waals surface area contributed by atoms with Crippen molar-refractivity contribution in [3.63, 3.8) is 0 Å². The molecule has 0 aliphatic heterocycles. The van der Waals surface area contributed by atoms with Gasteiger partial charge in [-0.2, -0.15) is 0 Å². The van der Waals surface area contributed by atoms with Crippen molar-refractivity contribution < 1.29 is 4.79 Å². The first-order valence-electron chi connectivity index (χ1n) is 3.41. The summed E-state index contributed by atoms with van der Waals surface area (Å²) in [6.45, 7) is 0. The summed E-state index contributed by atoms with van der Waals surface area (Å²) in [5, 5.41) is 0. The fourth-order valence-corrected chi connectivity index (χ4v) is 1.15. The van der Waals surface area contributed by atoms with Gasteiger partial charge < -0.3 is 5.73 Å². The van der Waals surface area contributed by atoms with Gasteiger partial charge in [-0.15, -0.1) is 0 Å². The van der Waals surface area contributed by atoms with E-state index in [1.807, 2.05) is 12.1 Å². The second-order valence-electron chi connectivity index (χ2n) is 2.29. The lowest BCUT2D eigenvalue weighted by atomic mass is 10.1. The molecule has 63 valence electrons. The molecule has 2 N–H and O–H groups in total. The number of carbonyl (C=O) groups is 1. The topological polar surface area (TPSA) is 56.0 Å². The second kappa shape index (κ2) is 4.21. The summed E-state index contributed by atoms with van der Waals surface area (Å²) in [5.74, 6) is -0.331. The van der Waals surface area contributed by atoms with Crippen LogP contribution >= 0.6 is 15.9 Å². The van der Waals surface area contributed by atoms with Gasteiger partial charge in [0, 0.05) is 19.0 Å². The Bertz CT molecular complexity index is 288. The number of halogens is 1. The third-order valence-electron chi connectivity index (χ3n) is 1.29. The van der Waals surface area contributed by atoms with Gasteiger partial charge in [-0.25, -0.2) is 4.98 Å². The van der Waals surface area contributed by atoms with Gasteiger partial charge in [0.25, 0.3) is 0 Å². The highest BCUT2D eigenvalue weighted by molar-refractivity contribution is 9.10. The van der Waals surface area contributed by atoms with Gasteiger partial charge in [0.05, 0.1) is 0 Å². The zero-order valence-electron chi connectivity index (χ0n) is 6.33. The fraction of sp³-hybridized carbons (Fsp3) is 0.125. The Kier molecular flexibility index (Phi) is 3.22. The number of aromatic nitrogens is 1. The quantitative estimate of drug-likeness (QED) is 0.792. The van der Waals surface area contributed by atoms with E-state index in [0.29, 0.717) is 0 Å². The molecule has 4 heteroatoms. The maximum atomic E-state index is 10.4. The van der Waals surface area contributed by atoms with E-state index in [1.165, 1.54) is 0 Å². The molecule has 0 unspecified atom stereocenters. The van der Waals surface area contributed by atoms with E-state index in [2.05, 4.69) is 20.9 Å². The lowest BCUT2D eigenvalue weighted by molar-refractivity contribution is -0.117. The molecule has 0 saturated heterocycles. The van der Waals surface area contributed by atoms with Crippen molar-refractivity contribution in [1.29, 1.82) is 0 Å². The zero-order valence-corrected chi connectivity index (χ0v) is 7.91. The van der Waals surface area contributed by atoms with Crippen LogP contribution in [-0.2, 0) is 4.79 Å². The van der Waals surface area contributed by atoms with E-state index in [9.17, 15) is 4.79 Å². The lowest BCUT2D eigenvalue weighted by Gasteiger charge is -1.97. The van der Waals surface area contributed by atoms with Crippen molar-refractivity contribution in [2.24, 2.45) is 5.73 Å². The van der Waals surface area contributed by atoms with E-state index in [0.717, 1.165) is 10.2 Å². The van der Waals surface area contributed by atoms with Crippen molar-refractivity contribution in [2.75, 3.05) is 0 Å². The van der Waals surface area contributed by atoms with Crippen molar-refractivity contribution in [1.82, 2.24) is 4.98 Å². The molecule has 0 aliphatic rings. The number of nitrogens with zero attached hydrogens (tertiary/aromatic N) is 1. The van der Waals surface area contributed by atoms with Crippen molar-refractivity contribution in [3.8, 4) is 0 Å². The third-order valence-corrected chi connectivity index (χ3v) is 1.72. The standard InChI is InChI=1S/C8H8BrN2O/c9-7-5-6(3-4-11-7)1-2-8(10)12/h1,3-5H,2H2,(H2,10,12). The SMILES string of the molecule is NC(=O)C[CH]c1ccnc(Br)c1. The smallest absolute Gasteiger partial charge is 0.218 e. The van der Waals surface area contributed by atoms with Crippen LogP contribution in [0.3, 0.4) is 0 Å². The van der Waals surface area contributed by atoms with E-state index in [4.69, 9.17) is 5.73 Å². The molecule has 3 nitrogen and oxygen atoms in total. The first-order chi connectivity index (χ1) is 5.68. The number of hydrogen-bond acceptors (Lipinski definition) is 2. The summed E-state index contributed by atoms with van der Waals surface area (Å²) in [6, 6.07) is 3.64. The van der Waals surface area contributed by atoms with Crippen LogP contribution in [0.25, 0.3) is 0 Å². The average molecular weight is 228 g/mol. The van der Waals surface area contributed by atoms with Gasteiger partial charge in [0.1, 0.15) is 4.60 Å². The first-order valence-corrected chi connectivity index (χ1v) is 4.21. The highest BCUT2D eigenvalue weighted by Crippen LogP contribution is 2.10. The van der Waals surface area contributed by atoms with Crippen LogP contribution < -0.4 is 5.73 Å². The summed E-state index contributed by atoms with van der Waals surface area (Å²) in [5.41, 5.74) is 5.92. The Balaban J connectivity index is 2.57. The molecule has 0 atom stereocenters. The van der Waals surface area contributed by atoms with Crippen LogP contribution in [0.5, 0.6) is 0 Å². The molecule has 12 heavy (non-hydrogen) atoms. The summed E-state index contributed by atoms with van der Waals surface area (Å²) < 4.78 is 0.751. The maximum Gasteiger partial charge on any atom is 0.218 e. The number of nitrogens with two attached hydrogens (primary N) is 1. The number of hydrogen-bond donors (Lipinski definition) is 1. The van der Waals surface area contributed by atoms with Gasteiger partial charge in [-0.1, -0.05) is 0 Å². The van der Waals surface area contributed by atoms with Crippen LogP contribution in [0.2, 0.25) is 0 Å². The molecule has 1 heterocycles. The van der Waals surface area contributed by atoms with Gasteiger partial charge in [0.2, 0.25) is 5.91 Å². The molecule has 1 rings (SSSR count). The molecule has 1 aromatic rings. The van der Waals surface area contributed by atoms with Crippen LogP contribution in [-0.4, -0.2) is 10.9 Å². The Morgan fingerprint density at radius 3 is 3.08 bits per heavy atom. The van der Waals surface area contributed by atoms with Gasteiger partial charge in [0.15, 0.2) is 0 Å². The summed E-state index contributed by atoms with van der Waals surface area (Å²) in [6.07, 6.45) is 3.68. The molecule has 0 aromatic carbocycles. The molecule has 0 bridgehead atoms. The maximum absolute atomic E-state index is 10.4. The summed E-state index contributed by atoms with van der Waals surface area (Å²) in [4.78, 5) is 14.4. The predicted molar refractivity (Wildman–Crippen MR) is 49.2 cm³/mol. The van der Waals surface area contributed by atoms with Crippen molar-refractivity contribution in [3.05, 3.63) is 34.9 Å². The molecular weight excluding hydrogens is 220 g/mol. The normalized spacial score (nSPS) is 9.75. The van der Waals surface area contributed by atoms with E-state index in [1.54, 1.807) is 12.6 Å². The third kappa shape index (κ3) is 3.00. The summed E-state index contributed by atoms with van der Waals surface area (Å²) >= 11 is 3.22. The minimum atomic E-state index is -0.331. The Hall–Kier alpha value is -0.900. The van der Waals surface area contributed by atoms with Crippen LogP contribution in [0.1, 0.15) is 12.0 Å². The minimum absolute atomic E-state index is 0.260. The van der Waals surface area contributed by atoms with Crippen molar-refractivity contribution >= 4 is 21.8 Å². The van der Waals surface area contributed by atoms with Gasteiger partial charge in [-0.05, 0) is 33.6 Å². The lowest BCUT2D eigenvalue weighted by Crippen LogP contribution is -2.10. The number of amides is 1. The first kappa shape index (κ1) is 9.19. The highest BCUT2D eigenvalue weighted by Gasteiger charge is 1.98. The Morgan fingerprint density at radius 1 is 1.75 bits per heavy atom. The molecule has 0 spiro atoms. The molecule has 1 aromatic heterocycles. The monoisotopic (exact) mass is 227 g/mol. The average Bonchev–Trinajstić information content (AvgIpc) is 2.01. The number of primary amides is 1. The van der Waals surface area contributed by atoms with Crippen LogP contribution in [0.15, 0.2) is 22.9 Å². The Labute approximate surface area is 79.1 Å². The predicted octanol–water partition coefficient (Wildman–Crippen LogP) is 1.27. The second-order valence-corrected chi connectivity index (χ2v) is 3.10. The Morgan fingerprint density at radius 2 is 2.50 bits per heavy atom. The number of pyridine rings is 1. The molecule has 0 fully saturated rings. The van der Waals surface area contributed by atoms with Gasteiger partial charge in [-0.3, -0.25) is 4.79 Å². The van der Waals surface area contributed by atoms with Crippen molar-refractivity contribution in [2.45, 2.75) is 6.42 Å². The van der Waals surface area contributed by atoms with E-state index in [-0.39, 0.29) is 12.3 Å². The largest absolute Gasteiger partial charge is 0.370 e. The molecule has 0 aliphatic carbocycles. The fourth-order valence-electron chi connectivity index (χ4n) is 0.763. The molecule has 1 amide bonds. The van der Waals surface area contributed by atoms with Crippen LogP contribution in [0, 0.1) is 6.42 Å². The zero-order chi connectivity index (χ0) is 8.97. The highest BCUT2D eigenvalue weighted by atomic mass is 79.9. The number of rotatable bonds is 3. The van der Waals surface area contributed by atoms with Gasteiger partial charge >= 0.3 is 0 Å². The summed E-state index contributed by atoms with van der Waals surface area (Å²) in [7, 11) is 0. The number of carbonyl (C=O) groups excluding carboxylic acids is 1. The molecule has 0 saturated carbocycles. The van der Waals surface area contributed by atoms with Crippen LogP contribution in [0.4, 0.5) is 0 Å². The van der Waals surface area contributed by atoms with E-state index >= 15 is 0 Å².